The van der Waals surface area contributed by atoms with Gasteiger partial charge in [-0.05, 0) is 18.6 Å². The van der Waals surface area contributed by atoms with Crippen molar-refractivity contribution >= 4 is 11.8 Å². The molecule has 2 amide bonds. The molecule has 2 heterocycles. The fraction of sp³-hybridized carbons (Fsp3) is 0.417. The van der Waals surface area contributed by atoms with Crippen molar-refractivity contribution in [2.45, 2.75) is 25.3 Å². The Morgan fingerprint density at radius 3 is 3.00 bits per heavy atom. The molecule has 2 N–H and O–H groups in total. The van der Waals surface area contributed by atoms with E-state index >= 15 is 0 Å². The van der Waals surface area contributed by atoms with E-state index in [4.69, 9.17) is 5.73 Å². The summed E-state index contributed by atoms with van der Waals surface area (Å²) in [6, 6.07) is 5.28. The molecule has 0 aliphatic carbocycles. The van der Waals surface area contributed by atoms with Gasteiger partial charge in [-0.25, -0.2) is 0 Å². The van der Waals surface area contributed by atoms with Crippen molar-refractivity contribution in [3.05, 3.63) is 30.1 Å². The van der Waals surface area contributed by atoms with Crippen molar-refractivity contribution < 1.29 is 9.59 Å². The first-order chi connectivity index (χ1) is 8.16. The molecular formula is C12H15N3O2. The lowest BCUT2D eigenvalue weighted by Crippen LogP contribution is -2.47. The van der Waals surface area contributed by atoms with Gasteiger partial charge in [0.2, 0.25) is 11.8 Å². The van der Waals surface area contributed by atoms with E-state index in [0.29, 0.717) is 18.7 Å². The Bertz CT molecular complexity index is 419. The number of nitrogens with zero attached hydrogens (tertiary/aromatic N) is 2. The highest BCUT2D eigenvalue weighted by molar-refractivity contribution is 5.96. The molecule has 90 valence electrons. The van der Waals surface area contributed by atoms with Crippen LogP contribution in [0.2, 0.25) is 0 Å². The van der Waals surface area contributed by atoms with Crippen LogP contribution in [0.25, 0.3) is 0 Å². The maximum Gasteiger partial charge on any atom is 0.235 e. The number of hydrogen-bond donors (Lipinski definition) is 1. The first-order valence-corrected chi connectivity index (χ1v) is 5.65. The topological polar surface area (TPSA) is 76.3 Å². The van der Waals surface area contributed by atoms with Crippen LogP contribution < -0.4 is 5.73 Å². The summed E-state index contributed by atoms with van der Waals surface area (Å²) >= 11 is 0. The summed E-state index contributed by atoms with van der Waals surface area (Å²) in [4.78, 5) is 28.9. The molecule has 1 aliphatic rings. The zero-order chi connectivity index (χ0) is 12.3. The first-order valence-electron chi connectivity index (χ1n) is 5.65. The van der Waals surface area contributed by atoms with Crippen molar-refractivity contribution in [3.8, 4) is 0 Å². The Labute approximate surface area is 99.6 Å². The summed E-state index contributed by atoms with van der Waals surface area (Å²) in [5.41, 5.74) is 6.35. The second-order valence-corrected chi connectivity index (χ2v) is 4.19. The van der Waals surface area contributed by atoms with Crippen molar-refractivity contribution in [1.82, 2.24) is 9.88 Å². The minimum atomic E-state index is -0.194. The van der Waals surface area contributed by atoms with Gasteiger partial charge in [-0.1, -0.05) is 6.07 Å². The van der Waals surface area contributed by atoms with Crippen molar-refractivity contribution in [1.29, 1.82) is 0 Å². The van der Waals surface area contributed by atoms with E-state index in [1.165, 1.54) is 4.90 Å². The smallest absolute Gasteiger partial charge is 0.235 e. The number of imide groups is 1. The molecule has 1 aliphatic heterocycles. The van der Waals surface area contributed by atoms with E-state index in [1.807, 2.05) is 6.07 Å². The molecule has 2 rings (SSSR count). The summed E-state index contributed by atoms with van der Waals surface area (Å²) in [5, 5.41) is 0. The van der Waals surface area contributed by atoms with Crippen LogP contribution in [0.5, 0.6) is 0 Å². The molecule has 17 heavy (non-hydrogen) atoms. The van der Waals surface area contributed by atoms with Gasteiger partial charge in [0.15, 0.2) is 0 Å². The van der Waals surface area contributed by atoms with Crippen LogP contribution in [0, 0.1) is 0 Å². The molecule has 1 atom stereocenters. The van der Waals surface area contributed by atoms with E-state index in [-0.39, 0.29) is 30.7 Å². The number of amides is 2. The van der Waals surface area contributed by atoms with Gasteiger partial charge in [0.1, 0.15) is 0 Å². The Hall–Kier alpha value is -1.75. The molecule has 1 unspecified atom stereocenters. The number of hydrogen-bond acceptors (Lipinski definition) is 4. The Balaban J connectivity index is 1.99. The molecule has 0 radical (unpaired) electrons. The number of likely N-dealkylation sites (tertiary alicyclic amines) is 1. The van der Waals surface area contributed by atoms with Crippen molar-refractivity contribution in [2.24, 2.45) is 5.73 Å². The van der Waals surface area contributed by atoms with E-state index in [2.05, 4.69) is 4.98 Å². The second-order valence-electron chi connectivity index (χ2n) is 4.19. The molecule has 0 aromatic carbocycles. The third kappa shape index (κ3) is 2.88. The lowest BCUT2D eigenvalue weighted by Gasteiger charge is -2.28. The number of rotatable bonds is 2. The van der Waals surface area contributed by atoms with E-state index in [1.54, 1.807) is 18.3 Å². The summed E-state index contributed by atoms with van der Waals surface area (Å²) < 4.78 is 0. The molecule has 0 spiro atoms. The Morgan fingerprint density at radius 1 is 1.53 bits per heavy atom. The fourth-order valence-corrected chi connectivity index (χ4v) is 1.87. The van der Waals surface area contributed by atoms with Gasteiger partial charge < -0.3 is 5.73 Å². The molecule has 0 saturated carbocycles. The van der Waals surface area contributed by atoms with Gasteiger partial charge in [-0.3, -0.25) is 19.5 Å². The SMILES string of the molecule is NC1CCN(C(=O)Cc2ccccn2)C(=O)C1. The van der Waals surface area contributed by atoms with Gasteiger partial charge in [-0.2, -0.15) is 0 Å². The lowest BCUT2D eigenvalue weighted by atomic mass is 10.0. The van der Waals surface area contributed by atoms with Gasteiger partial charge in [0.05, 0.1) is 6.42 Å². The fourth-order valence-electron chi connectivity index (χ4n) is 1.87. The maximum absolute atomic E-state index is 11.9. The number of carbonyl (C=O) groups excluding carboxylic acids is 2. The lowest BCUT2D eigenvalue weighted by molar-refractivity contribution is -0.146. The summed E-state index contributed by atoms with van der Waals surface area (Å²) in [5.74, 6) is -0.370. The largest absolute Gasteiger partial charge is 0.327 e. The summed E-state index contributed by atoms with van der Waals surface area (Å²) in [6.07, 6.45) is 2.74. The molecule has 1 saturated heterocycles. The zero-order valence-electron chi connectivity index (χ0n) is 9.50. The van der Waals surface area contributed by atoms with Gasteiger partial charge in [0, 0.05) is 30.9 Å². The van der Waals surface area contributed by atoms with Crippen LogP contribution in [-0.2, 0) is 16.0 Å². The minimum Gasteiger partial charge on any atom is -0.327 e. The predicted molar refractivity (Wildman–Crippen MR) is 61.9 cm³/mol. The predicted octanol–water partition coefficient (Wildman–Crippen LogP) is 0.100. The normalized spacial score (nSPS) is 20.4. The summed E-state index contributed by atoms with van der Waals surface area (Å²) in [6.45, 7) is 0.422. The molecule has 5 heteroatoms. The molecule has 0 bridgehead atoms. The third-order valence-corrected chi connectivity index (χ3v) is 2.82. The van der Waals surface area contributed by atoms with Crippen LogP contribution in [0.15, 0.2) is 24.4 Å². The van der Waals surface area contributed by atoms with Crippen LogP contribution >= 0.6 is 0 Å². The average molecular weight is 233 g/mol. The Kier molecular flexibility index (Phi) is 3.49. The molecular weight excluding hydrogens is 218 g/mol. The van der Waals surface area contributed by atoms with E-state index < -0.39 is 0 Å². The number of piperidine rings is 1. The van der Waals surface area contributed by atoms with Gasteiger partial charge >= 0.3 is 0 Å². The second kappa shape index (κ2) is 5.05. The Morgan fingerprint density at radius 2 is 2.35 bits per heavy atom. The van der Waals surface area contributed by atoms with Crippen molar-refractivity contribution in [2.75, 3.05) is 6.54 Å². The number of pyridine rings is 1. The van der Waals surface area contributed by atoms with Crippen molar-refractivity contribution in [3.63, 3.8) is 0 Å². The van der Waals surface area contributed by atoms with Gasteiger partial charge in [-0.15, -0.1) is 0 Å². The molecule has 1 aromatic rings. The highest BCUT2D eigenvalue weighted by atomic mass is 16.2. The average Bonchev–Trinajstić information content (AvgIpc) is 2.30. The maximum atomic E-state index is 11.9. The van der Waals surface area contributed by atoms with Crippen LogP contribution in [0.3, 0.4) is 0 Å². The monoisotopic (exact) mass is 233 g/mol. The molecule has 1 fully saturated rings. The quantitative estimate of drug-likeness (QED) is 0.786. The zero-order valence-corrected chi connectivity index (χ0v) is 9.50. The van der Waals surface area contributed by atoms with Gasteiger partial charge in [0.25, 0.3) is 0 Å². The van der Waals surface area contributed by atoms with E-state index in [0.717, 1.165) is 0 Å². The minimum absolute atomic E-state index is 0.110. The van der Waals surface area contributed by atoms with Crippen LogP contribution in [0.4, 0.5) is 0 Å². The third-order valence-electron chi connectivity index (χ3n) is 2.82. The molecule has 1 aromatic heterocycles. The first kappa shape index (κ1) is 11.7. The van der Waals surface area contributed by atoms with Crippen LogP contribution in [-0.4, -0.2) is 34.3 Å². The highest BCUT2D eigenvalue weighted by Crippen LogP contribution is 2.11. The number of aromatic nitrogens is 1. The van der Waals surface area contributed by atoms with Crippen LogP contribution in [0.1, 0.15) is 18.5 Å². The number of carbonyl (C=O) groups is 2. The standard InChI is InChI=1S/C12H15N3O2/c13-9-4-6-15(11(16)7-9)12(17)8-10-3-1-2-5-14-10/h1-3,5,9H,4,6-8,13H2. The summed E-state index contributed by atoms with van der Waals surface area (Å²) in [7, 11) is 0. The van der Waals surface area contributed by atoms with E-state index in [9.17, 15) is 9.59 Å². The highest BCUT2D eigenvalue weighted by Gasteiger charge is 2.28. The molecule has 5 nitrogen and oxygen atoms in total. The number of nitrogens with two attached hydrogens (primary N) is 1.